The summed E-state index contributed by atoms with van der Waals surface area (Å²) in [5, 5.41) is 9.02. The van der Waals surface area contributed by atoms with Crippen molar-refractivity contribution in [1.29, 1.82) is 0 Å². The van der Waals surface area contributed by atoms with E-state index in [1.807, 2.05) is 37.3 Å². The molecule has 1 atom stereocenters. The molecule has 5 heteroatoms. The zero-order chi connectivity index (χ0) is 16.3. The van der Waals surface area contributed by atoms with Crippen LogP contribution in [0.4, 0.5) is 0 Å². The molecule has 116 valence electrons. The van der Waals surface area contributed by atoms with Gasteiger partial charge in [0.05, 0.1) is 12.5 Å². The van der Waals surface area contributed by atoms with Gasteiger partial charge in [0.25, 0.3) is 0 Å². The van der Waals surface area contributed by atoms with Crippen molar-refractivity contribution in [3.05, 3.63) is 59.0 Å². The van der Waals surface area contributed by atoms with E-state index >= 15 is 0 Å². The molecule has 5 nitrogen and oxygen atoms in total. The van der Waals surface area contributed by atoms with Gasteiger partial charge in [0.1, 0.15) is 17.1 Å². The molecule has 0 fully saturated rings. The number of hydrogen-bond donors (Lipinski definition) is 1. The number of carboxylic acids is 1. The first-order valence-electron chi connectivity index (χ1n) is 7.02. The lowest BCUT2D eigenvalue weighted by Gasteiger charge is -2.20. The summed E-state index contributed by atoms with van der Waals surface area (Å²) in [6, 6.07) is 11.0. The molecular weight excluding hydrogens is 282 g/mol. The Labute approximate surface area is 129 Å². The number of benzene rings is 1. The largest absolute Gasteiger partial charge is 0.478 e. The molecule has 1 heterocycles. The van der Waals surface area contributed by atoms with Gasteiger partial charge in [-0.3, -0.25) is 4.79 Å². The van der Waals surface area contributed by atoms with E-state index in [-0.39, 0.29) is 23.9 Å². The van der Waals surface area contributed by atoms with Crippen LogP contribution in [0.1, 0.15) is 40.3 Å². The first-order valence-corrected chi connectivity index (χ1v) is 7.02. The molecule has 0 aliphatic rings. The Morgan fingerprint density at radius 2 is 1.91 bits per heavy atom. The Morgan fingerprint density at radius 3 is 2.45 bits per heavy atom. The third-order valence-corrected chi connectivity index (χ3v) is 3.64. The van der Waals surface area contributed by atoms with E-state index in [1.54, 1.807) is 18.9 Å². The Morgan fingerprint density at radius 1 is 1.27 bits per heavy atom. The predicted octanol–water partition coefficient (Wildman–Crippen LogP) is 3.05. The first kappa shape index (κ1) is 15.8. The van der Waals surface area contributed by atoms with Gasteiger partial charge in [0.15, 0.2) is 0 Å². The van der Waals surface area contributed by atoms with Gasteiger partial charge in [-0.1, -0.05) is 30.3 Å². The number of carbonyl (C=O) groups is 2. The van der Waals surface area contributed by atoms with Crippen LogP contribution in [0.3, 0.4) is 0 Å². The second-order valence-electron chi connectivity index (χ2n) is 5.31. The average molecular weight is 301 g/mol. The molecule has 22 heavy (non-hydrogen) atoms. The van der Waals surface area contributed by atoms with Crippen LogP contribution in [-0.2, 0) is 11.3 Å². The lowest BCUT2D eigenvalue weighted by atomic mass is 10.00. The highest BCUT2D eigenvalue weighted by Gasteiger charge is 2.21. The summed E-state index contributed by atoms with van der Waals surface area (Å²) in [6.07, 6.45) is 0. The molecule has 1 aromatic heterocycles. The SMILES string of the molecule is Cc1oc(CN(C)C(=O)[C@@H](C)c2ccccc2)cc1C(=O)O. The fraction of sp³-hybridized carbons (Fsp3) is 0.294. The molecule has 1 amide bonds. The third kappa shape index (κ3) is 3.36. The predicted molar refractivity (Wildman–Crippen MR) is 81.7 cm³/mol. The fourth-order valence-electron chi connectivity index (χ4n) is 2.36. The second kappa shape index (κ2) is 6.47. The van der Waals surface area contributed by atoms with Crippen LogP contribution in [0.25, 0.3) is 0 Å². The number of carbonyl (C=O) groups excluding carboxylic acids is 1. The molecule has 0 radical (unpaired) electrons. The van der Waals surface area contributed by atoms with Crippen molar-refractivity contribution in [2.45, 2.75) is 26.3 Å². The summed E-state index contributed by atoms with van der Waals surface area (Å²) < 4.78 is 5.41. The fourth-order valence-corrected chi connectivity index (χ4v) is 2.36. The number of likely N-dealkylation sites (N-methyl/N-ethyl adjacent to an activating group) is 1. The van der Waals surface area contributed by atoms with E-state index in [2.05, 4.69) is 0 Å². The first-order chi connectivity index (χ1) is 10.4. The van der Waals surface area contributed by atoms with Crippen molar-refractivity contribution in [1.82, 2.24) is 4.90 Å². The molecule has 0 saturated heterocycles. The van der Waals surface area contributed by atoms with Crippen LogP contribution >= 0.6 is 0 Å². The Hall–Kier alpha value is -2.56. The lowest BCUT2D eigenvalue weighted by Crippen LogP contribution is -2.30. The van der Waals surface area contributed by atoms with Crippen molar-refractivity contribution in [3.63, 3.8) is 0 Å². The molecular formula is C17H19NO4. The van der Waals surface area contributed by atoms with Crippen molar-refractivity contribution in [3.8, 4) is 0 Å². The summed E-state index contributed by atoms with van der Waals surface area (Å²) in [6.45, 7) is 3.69. The maximum Gasteiger partial charge on any atom is 0.339 e. The molecule has 1 aromatic carbocycles. The Kier molecular flexibility index (Phi) is 4.65. The van der Waals surface area contributed by atoms with Crippen molar-refractivity contribution in [2.24, 2.45) is 0 Å². The summed E-state index contributed by atoms with van der Waals surface area (Å²) in [5.74, 6) is -0.525. The topological polar surface area (TPSA) is 70.8 Å². The smallest absolute Gasteiger partial charge is 0.339 e. The molecule has 0 saturated carbocycles. The van der Waals surface area contributed by atoms with E-state index in [0.717, 1.165) is 5.56 Å². The van der Waals surface area contributed by atoms with Crippen LogP contribution < -0.4 is 0 Å². The molecule has 0 bridgehead atoms. The van der Waals surface area contributed by atoms with Crippen LogP contribution in [0, 0.1) is 6.92 Å². The second-order valence-corrected chi connectivity index (χ2v) is 5.31. The summed E-state index contributed by atoms with van der Waals surface area (Å²) in [7, 11) is 1.68. The third-order valence-electron chi connectivity index (χ3n) is 3.64. The van der Waals surface area contributed by atoms with Crippen LogP contribution in [0.5, 0.6) is 0 Å². The number of hydrogen-bond acceptors (Lipinski definition) is 3. The van der Waals surface area contributed by atoms with Gasteiger partial charge >= 0.3 is 5.97 Å². The van der Waals surface area contributed by atoms with E-state index in [4.69, 9.17) is 9.52 Å². The molecule has 2 rings (SSSR count). The normalized spacial score (nSPS) is 12.0. The maximum absolute atomic E-state index is 12.4. The molecule has 0 aliphatic carbocycles. The minimum Gasteiger partial charge on any atom is -0.478 e. The van der Waals surface area contributed by atoms with Gasteiger partial charge in [-0.2, -0.15) is 0 Å². The number of furan rings is 1. The van der Waals surface area contributed by atoms with Gasteiger partial charge in [0.2, 0.25) is 5.91 Å². The van der Waals surface area contributed by atoms with Crippen LogP contribution in [0.2, 0.25) is 0 Å². The summed E-state index contributed by atoms with van der Waals surface area (Å²) in [5.41, 5.74) is 1.08. The van der Waals surface area contributed by atoms with Crippen molar-refractivity contribution >= 4 is 11.9 Å². The number of nitrogens with zero attached hydrogens (tertiary/aromatic N) is 1. The zero-order valence-corrected chi connectivity index (χ0v) is 12.9. The number of amides is 1. The highest BCUT2D eigenvalue weighted by molar-refractivity contribution is 5.89. The lowest BCUT2D eigenvalue weighted by molar-refractivity contribution is -0.131. The quantitative estimate of drug-likeness (QED) is 0.921. The number of aryl methyl sites for hydroxylation is 1. The highest BCUT2D eigenvalue weighted by atomic mass is 16.4. The van der Waals surface area contributed by atoms with E-state index in [1.165, 1.54) is 6.07 Å². The Bertz CT molecular complexity index is 675. The van der Waals surface area contributed by atoms with Crippen molar-refractivity contribution in [2.75, 3.05) is 7.05 Å². The van der Waals surface area contributed by atoms with E-state index < -0.39 is 5.97 Å². The number of carboxylic acid groups (broad SMARTS) is 1. The standard InChI is InChI=1S/C17H19NO4/c1-11(13-7-5-4-6-8-13)16(19)18(3)10-14-9-15(17(20)21)12(2)22-14/h4-9,11H,10H2,1-3H3,(H,20,21)/t11-/m0/s1. The van der Waals surface area contributed by atoms with Crippen LogP contribution in [-0.4, -0.2) is 28.9 Å². The minimum absolute atomic E-state index is 0.0443. The highest BCUT2D eigenvalue weighted by Crippen LogP contribution is 2.20. The van der Waals surface area contributed by atoms with Gasteiger partial charge < -0.3 is 14.4 Å². The minimum atomic E-state index is -1.03. The van der Waals surface area contributed by atoms with E-state index in [0.29, 0.717) is 11.5 Å². The molecule has 0 unspecified atom stereocenters. The molecule has 0 aliphatic heterocycles. The number of rotatable bonds is 5. The maximum atomic E-state index is 12.4. The van der Waals surface area contributed by atoms with Crippen LogP contribution in [0.15, 0.2) is 40.8 Å². The molecule has 1 N–H and O–H groups in total. The summed E-state index contributed by atoms with van der Waals surface area (Å²) >= 11 is 0. The van der Waals surface area contributed by atoms with Gasteiger partial charge in [-0.05, 0) is 25.5 Å². The Balaban J connectivity index is 2.08. The van der Waals surface area contributed by atoms with Gasteiger partial charge in [-0.15, -0.1) is 0 Å². The molecule has 2 aromatic rings. The monoisotopic (exact) mass is 301 g/mol. The van der Waals surface area contributed by atoms with Crippen molar-refractivity contribution < 1.29 is 19.1 Å². The molecule has 0 spiro atoms. The number of aromatic carboxylic acids is 1. The summed E-state index contributed by atoms with van der Waals surface area (Å²) in [4.78, 5) is 25.0. The average Bonchev–Trinajstić information content (AvgIpc) is 2.87. The van der Waals surface area contributed by atoms with Gasteiger partial charge in [-0.25, -0.2) is 4.79 Å². The zero-order valence-electron chi connectivity index (χ0n) is 12.9. The van der Waals surface area contributed by atoms with Gasteiger partial charge in [0, 0.05) is 7.05 Å². The van der Waals surface area contributed by atoms with E-state index in [9.17, 15) is 9.59 Å².